The standard InChI is InChI=1S/C15H15NO/c1-3-10-12(4-2)16-9-14-15(10)11-7-5-6-8-13(11)17-14/h5-9H,3-4H2,1-2H3. The van der Waals surface area contributed by atoms with Crippen LogP contribution in [0.15, 0.2) is 34.9 Å². The third kappa shape index (κ3) is 1.44. The smallest absolute Gasteiger partial charge is 0.153 e. The highest BCUT2D eigenvalue weighted by molar-refractivity contribution is 6.06. The lowest BCUT2D eigenvalue weighted by Crippen LogP contribution is -1.95. The fourth-order valence-corrected chi connectivity index (χ4v) is 2.51. The Morgan fingerprint density at radius 2 is 1.88 bits per heavy atom. The summed E-state index contributed by atoms with van der Waals surface area (Å²) in [6.07, 6.45) is 3.82. The maximum Gasteiger partial charge on any atom is 0.153 e. The zero-order chi connectivity index (χ0) is 11.8. The zero-order valence-corrected chi connectivity index (χ0v) is 10.2. The average molecular weight is 225 g/mol. The van der Waals surface area contributed by atoms with Gasteiger partial charge in [0.25, 0.3) is 0 Å². The molecular weight excluding hydrogens is 210 g/mol. The molecule has 0 atom stereocenters. The monoisotopic (exact) mass is 225 g/mol. The van der Waals surface area contributed by atoms with E-state index < -0.39 is 0 Å². The lowest BCUT2D eigenvalue weighted by Gasteiger charge is -2.05. The molecule has 0 spiro atoms. The number of nitrogens with zero attached hydrogens (tertiary/aromatic N) is 1. The number of para-hydroxylation sites is 1. The number of hydrogen-bond donors (Lipinski definition) is 0. The average Bonchev–Trinajstić information content (AvgIpc) is 2.76. The van der Waals surface area contributed by atoms with E-state index >= 15 is 0 Å². The van der Waals surface area contributed by atoms with Crippen LogP contribution in [0, 0.1) is 0 Å². The van der Waals surface area contributed by atoms with Gasteiger partial charge in [-0.1, -0.05) is 32.0 Å². The minimum absolute atomic E-state index is 0.903. The van der Waals surface area contributed by atoms with Crippen molar-refractivity contribution in [2.75, 3.05) is 0 Å². The number of aromatic nitrogens is 1. The van der Waals surface area contributed by atoms with Crippen molar-refractivity contribution in [2.45, 2.75) is 26.7 Å². The first-order valence-corrected chi connectivity index (χ1v) is 6.13. The van der Waals surface area contributed by atoms with Crippen molar-refractivity contribution in [1.82, 2.24) is 4.98 Å². The summed E-state index contributed by atoms with van der Waals surface area (Å²) >= 11 is 0. The van der Waals surface area contributed by atoms with E-state index in [-0.39, 0.29) is 0 Å². The second-order valence-corrected chi connectivity index (χ2v) is 4.23. The highest BCUT2D eigenvalue weighted by Crippen LogP contribution is 2.32. The molecule has 0 saturated carbocycles. The van der Waals surface area contributed by atoms with Crippen LogP contribution in [-0.4, -0.2) is 4.98 Å². The van der Waals surface area contributed by atoms with E-state index in [0.29, 0.717) is 0 Å². The van der Waals surface area contributed by atoms with Crippen molar-refractivity contribution in [2.24, 2.45) is 0 Å². The molecule has 17 heavy (non-hydrogen) atoms. The fraction of sp³-hybridized carbons (Fsp3) is 0.267. The molecule has 2 heterocycles. The quantitative estimate of drug-likeness (QED) is 0.656. The Labute approximate surface area is 100 Å². The van der Waals surface area contributed by atoms with Crippen molar-refractivity contribution in [1.29, 1.82) is 0 Å². The topological polar surface area (TPSA) is 26.0 Å². The van der Waals surface area contributed by atoms with Gasteiger partial charge in [0.15, 0.2) is 5.58 Å². The molecule has 0 bridgehead atoms. The van der Waals surface area contributed by atoms with Crippen LogP contribution in [0.1, 0.15) is 25.1 Å². The summed E-state index contributed by atoms with van der Waals surface area (Å²) in [7, 11) is 0. The molecule has 3 rings (SSSR count). The van der Waals surface area contributed by atoms with Gasteiger partial charge in [-0.15, -0.1) is 0 Å². The van der Waals surface area contributed by atoms with Crippen molar-refractivity contribution in [3.05, 3.63) is 41.7 Å². The van der Waals surface area contributed by atoms with Crippen LogP contribution in [0.4, 0.5) is 0 Å². The van der Waals surface area contributed by atoms with E-state index in [1.807, 2.05) is 18.3 Å². The number of furan rings is 1. The van der Waals surface area contributed by atoms with E-state index in [9.17, 15) is 0 Å². The number of rotatable bonds is 2. The van der Waals surface area contributed by atoms with Crippen LogP contribution in [0.2, 0.25) is 0 Å². The Morgan fingerprint density at radius 3 is 2.65 bits per heavy atom. The number of benzene rings is 1. The molecule has 0 unspecified atom stereocenters. The van der Waals surface area contributed by atoms with E-state index in [0.717, 1.165) is 24.0 Å². The summed E-state index contributed by atoms with van der Waals surface area (Å²) in [6, 6.07) is 8.20. The SMILES string of the molecule is CCc1ncc2oc3ccccc3c2c1CC. The van der Waals surface area contributed by atoms with Crippen molar-refractivity contribution in [3.8, 4) is 0 Å². The number of hydrogen-bond acceptors (Lipinski definition) is 2. The molecule has 0 amide bonds. The van der Waals surface area contributed by atoms with E-state index in [1.54, 1.807) is 0 Å². The Morgan fingerprint density at radius 1 is 1.06 bits per heavy atom. The fourth-order valence-electron chi connectivity index (χ4n) is 2.51. The Hall–Kier alpha value is -1.83. The van der Waals surface area contributed by atoms with Crippen LogP contribution in [0.25, 0.3) is 21.9 Å². The van der Waals surface area contributed by atoms with Gasteiger partial charge in [-0.2, -0.15) is 0 Å². The molecule has 0 aliphatic heterocycles. The lowest BCUT2D eigenvalue weighted by atomic mass is 10.0. The van der Waals surface area contributed by atoms with Gasteiger partial charge in [0, 0.05) is 16.5 Å². The van der Waals surface area contributed by atoms with Crippen molar-refractivity contribution in [3.63, 3.8) is 0 Å². The van der Waals surface area contributed by atoms with Gasteiger partial charge in [0.2, 0.25) is 0 Å². The largest absolute Gasteiger partial charge is 0.454 e. The van der Waals surface area contributed by atoms with E-state index in [2.05, 4.69) is 31.0 Å². The molecular formula is C15H15NO. The molecule has 0 aliphatic rings. The first kappa shape index (κ1) is 10.3. The summed E-state index contributed by atoms with van der Waals surface area (Å²) in [5, 5.41) is 2.45. The van der Waals surface area contributed by atoms with Gasteiger partial charge < -0.3 is 4.42 Å². The lowest BCUT2D eigenvalue weighted by molar-refractivity contribution is 0.665. The number of aryl methyl sites for hydroxylation is 2. The van der Waals surface area contributed by atoms with Gasteiger partial charge in [-0.25, -0.2) is 0 Å². The zero-order valence-electron chi connectivity index (χ0n) is 10.2. The summed E-state index contributed by atoms with van der Waals surface area (Å²) in [6.45, 7) is 4.33. The van der Waals surface area contributed by atoms with Gasteiger partial charge in [-0.05, 0) is 24.5 Å². The predicted molar refractivity (Wildman–Crippen MR) is 70.3 cm³/mol. The first-order valence-electron chi connectivity index (χ1n) is 6.13. The molecule has 86 valence electrons. The maximum atomic E-state index is 5.83. The molecule has 0 saturated heterocycles. The Balaban J connectivity index is 2.51. The molecule has 1 aromatic carbocycles. The van der Waals surface area contributed by atoms with Crippen LogP contribution >= 0.6 is 0 Å². The predicted octanol–water partition coefficient (Wildman–Crippen LogP) is 4.11. The summed E-state index contributed by atoms with van der Waals surface area (Å²) in [5.74, 6) is 0. The number of pyridine rings is 1. The normalized spacial score (nSPS) is 11.4. The molecule has 2 heteroatoms. The van der Waals surface area contributed by atoms with Crippen molar-refractivity contribution < 1.29 is 4.42 Å². The molecule has 0 N–H and O–H groups in total. The minimum atomic E-state index is 0.903. The van der Waals surface area contributed by atoms with Crippen LogP contribution < -0.4 is 0 Å². The summed E-state index contributed by atoms with van der Waals surface area (Å²) < 4.78 is 5.83. The first-order chi connectivity index (χ1) is 8.35. The third-order valence-electron chi connectivity index (χ3n) is 3.30. The van der Waals surface area contributed by atoms with Gasteiger partial charge in [0.05, 0.1) is 6.20 Å². The van der Waals surface area contributed by atoms with Gasteiger partial charge >= 0.3 is 0 Å². The number of fused-ring (bicyclic) bond motifs is 3. The third-order valence-corrected chi connectivity index (χ3v) is 3.30. The van der Waals surface area contributed by atoms with Gasteiger partial charge in [0.1, 0.15) is 5.58 Å². The highest BCUT2D eigenvalue weighted by atomic mass is 16.3. The second-order valence-electron chi connectivity index (χ2n) is 4.23. The van der Waals surface area contributed by atoms with Crippen LogP contribution in [0.3, 0.4) is 0 Å². The second kappa shape index (κ2) is 3.88. The minimum Gasteiger partial charge on any atom is -0.454 e. The van der Waals surface area contributed by atoms with Crippen LogP contribution in [-0.2, 0) is 12.8 Å². The van der Waals surface area contributed by atoms with Crippen LogP contribution in [0.5, 0.6) is 0 Å². The summed E-state index contributed by atoms with van der Waals surface area (Å²) in [5.41, 5.74) is 4.37. The molecule has 0 radical (unpaired) electrons. The molecule has 0 aliphatic carbocycles. The highest BCUT2D eigenvalue weighted by Gasteiger charge is 2.13. The molecule has 2 nitrogen and oxygen atoms in total. The molecule has 0 fully saturated rings. The van der Waals surface area contributed by atoms with E-state index in [4.69, 9.17) is 4.42 Å². The van der Waals surface area contributed by atoms with Crippen molar-refractivity contribution >= 4 is 21.9 Å². The summed E-state index contributed by atoms with van der Waals surface area (Å²) in [4.78, 5) is 4.50. The Kier molecular flexibility index (Phi) is 2.36. The molecule has 3 aromatic rings. The van der Waals surface area contributed by atoms with Gasteiger partial charge in [-0.3, -0.25) is 4.98 Å². The molecule has 2 aromatic heterocycles. The maximum absolute atomic E-state index is 5.83. The Bertz CT molecular complexity index is 682. The van der Waals surface area contributed by atoms with E-state index in [1.165, 1.54) is 22.0 Å².